The van der Waals surface area contributed by atoms with Gasteiger partial charge in [-0.2, -0.15) is 0 Å². The van der Waals surface area contributed by atoms with Crippen molar-refractivity contribution in [2.75, 3.05) is 14.7 Å². The van der Waals surface area contributed by atoms with Crippen molar-refractivity contribution in [1.29, 1.82) is 0 Å². The first-order valence-electron chi connectivity index (χ1n) is 38.6. The van der Waals surface area contributed by atoms with Crippen LogP contribution in [0.25, 0.3) is 68.8 Å². The van der Waals surface area contributed by atoms with Gasteiger partial charge in [0.2, 0.25) is 0 Å². The largest absolute Gasteiger partial charge is 0.310 e. The van der Waals surface area contributed by atoms with Crippen LogP contribution >= 0.6 is 0 Å². The molecule has 0 atom stereocenters. The number of rotatable bonds is 15. The number of hydrogen-bond donors (Lipinski definition) is 0. The summed E-state index contributed by atoms with van der Waals surface area (Å²) in [5.74, 6) is 0. The number of anilines is 9. The SMILES string of the molecule is C(=C1CCCCC1)c1ccc(N(c2ccc(C=C3CCCCC3)cc2)c2ccc3c(c2)c2ccc(N(c4ccc(C=C5CCCCC5)cc4)c4ccc(C=C5CCCCC5)cc4)cc2c2ccc(N(c4ccc(C=C5CCCCC5)cc4)c4ccc(C=C5CCCCC5)cc4)cc32)cc1. The molecule has 6 aliphatic rings. The van der Waals surface area contributed by atoms with Gasteiger partial charge in [0, 0.05) is 51.2 Å². The molecule has 6 fully saturated rings. The molecule has 6 saturated carbocycles. The van der Waals surface area contributed by atoms with Gasteiger partial charge in [0.1, 0.15) is 0 Å². The van der Waals surface area contributed by atoms with E-state index in [9.17, 15) is 0 Å². The second-order valence-corrected chi connectivity index (χ2v) is 29.9. The molecule has 0 unspecified atom stereocenters. The van der Waals surface area contributed by atoms with Crippen molar-refractivity contribution in [3.63, 3.8) is 0 Å². The Balaban J connectivity index is 0.873. The van der Waals surface area contributed by atoms with Crippen molar-refractivity contribution in [3.05, 3.63) is 267 Å². The molecule has 0 saturated heterocycles. The lowest BCUT2D eigenvalue weighted by Gasteiger charge is -2.28. The molecule has 0 heterocycles. The van der Waals surface area contributed by atoms with E-state index in [0.717, 1.165) is 51.2 Å². The molecule has 6 aliphatic carbocycles. The third kappa shape index (κ3) is 15.2. The van der Waals surface area contributed by atoms with E-state index >= 15 is 0 Å². The molecule has 10 aromatic carbocycles. The number of nitrogens with zero attached hydrogens (tertiary/aromatic N) is 3. The summed E-state index contributed by atoms with van der Waals surface area (Å²) in [5, 5.41) is 7.43. The van der Waals surface area contributed by atoms with Crippen molar-refractivity contribution in [2.24, 2.45) is 0 Å². The van der Waals surface area contributed by atoms with Gasteiger partial charge in [0.15, 0.2) is 0 Å². The number of fused-ring (bicyclic) bond motifs is 6. The van der Waals surface area contributed by atoms with E-state index in [0.29, 0.717) is 0 Å². The summed E-state index contributed by atoms with van der Waals surface area (Å²) in [5.41, 5.74) is 27.6. The summed E-state index contributed by atoms with van der Waals surface area (Å²) in [7, 11) is 0. The average molecular weight is 1290 g/mol. The van der Waals surface area contributed by atoms with Crippen LogP contribution in [0.5, 0.6) is 0 Å². The Morgan fingerprint density at radius 2 is 0.303 bits per heavy atom. The van der Waals surface area contributed by atoms with Crippen LogP contribution in [0.15, 0.2) is 234 Å². The Morgan fingerprint density at radius 1 is 0.152 bits per heavy atom. The Bertz CT molecular complexity index is 3910. The summed E-state index contributed by atoms with van der Waals surface area (Å²) in [4.78, 5) is 7.51. The molecule has 10 aromatic rings. The first-order chi connectivity index (χ1) is 49.0. The van der Waals surface area contributed by atoms with Crippen molar-refractivity contribution in [3.8, 4) is 0 Å². The van der Waals surface area contributed by atoms with Gasteiger partial charge in [-0.05, 0) is 329 Å². The fourth-order valence-corrected chi connectivity index (χ4v) is 17.4. The molecule has 0 radical (unpaired) electrons. The minimum Gasteiger partial charge on any atom is -0.310 e. The lowest BCUT2D eigenvalue weighted by molar-refractivity contribution is 0.602. The predicted octanol–water partition coefficient (Wildman–Crippen LogP) is 29.6. The maximum absolute atomic E-state index is 2.51. The van der Waals surface area contributed by atoms with E-state index in [2.05, 4.69) is 251 Å². The van der Waals surface area contributed by atoms with Crippen LogP contribution in [0, 0.1) is 0 Å². The van der Waals surface area contributed by atoms with E-state index in [1.807, 2.05) is 0 Å². The smallest absolute Gasteiger partial charge is 0.0468 e. The summed E-state index contributed by atoms with van der Waals surface area (Å²) in [6.45, 7) is 0. The molecule has 0 aliphatic heterocycles. The van der Waals surface area contributed by atoms with Gasteiger partial charge < -0.3 is 14.7 Å². The zero-order chi connectivity index (χ0) is 66.1. The summed E-state index contributed by atoms with van der Waals surface area (Å²) in [6.07, 6.45) is 53.0. The first kappa shape index (κ1) is 64.5. The van der Waals surface area contributed by atoms with Gasteiger partial charge in [0.05, 0.1) is 0 Å². The van der Waals surface area contributed by atoms with E-state index in [4.69, 9.17) is 0 Å². The number of benzene rings is 10. The van der Waals surface area contributed by atoms with Crippen LogP contribution in [0.4, 0.5) is 51.2 Å². The number of hydrogen-bond acceptors (Lipinski definition) is 3. The quantitative estimate of drug-likeness (QED) is 0.0947. The van der Waals surface area contributed by atoms with E-state index in [-0.39, 0.29) is 0 Å². The average Bonchev–Trinajstić information content (AvgIpc) is 0.727. The lowest BCUT2D eigenvalue weighted by atomic mass is 9.92. The van der Waals surface area contributed by atoms with Gasteiger partial charge in [-0.25, -0.2) is 0 Å². The van der Waals surface area contributed by atoms with E-state index in [1.54, 1.807) is 33.4 Å². The second kappa shape index (κ2) is 30.5. The molecule has 0 aromatic heterocycles. The fourth-order valence-electron chi connectivity index (χ4n) is 17.4. The Labute approximate surface area is 590 Å². The standard InChI is InChI=1S/C96H99N3/c1-7-19-70(20-8-1)61-76-31-43-82(44-32-76)97(83-45-33-77(34-46-83)62-71-21-9-2-10-22-71)88-55-58-91-94(67-88)92-59-56-89(98(84-47-35-78(36-48-84)63-72-23-11-3-12-24-72)85-49-37-79(38-50-85)64-73-25-13-4-14-26-73)69-96(92)93-60-57-90(68-95(91)93)99(86-51-39-80(40-52-86)65-74-27-15-5-16-28-74)87-53-41-81(42-54-87)66-75-29-17-6-18-30-75/h31-69H,1-30H2. The molecule has 99 heavy (non-hydrogen) atoms. The zero-order valence-corrected chi connectivity index (χ0v) is 58.6. The van der Waals surface area contributed by atoms with Crippen LogP contribution in [-0.2, 0) is 0 Å². The molecule has 3 nitrogen and oxygen atoms in total. The summed E-state index contributed by atoms with van der Waals surface area (Å²) in [6, 6.07) is 78.5. The highest BCUT2D eigenvalue weighted by atomic mass is 15.2. The van der Waals surface area contributed by atoms with Crippen LogP contribution in [0.1, 0.15) is 226 Å². The molecule has 498 valence electrons. The minimum atomic E-state index is 1.14. The van der Waals surface area contributed by atoms with Gasteiger partial charge in [-0.1, -0.05) is 199 Å². The maximum atomic E-state index is 2.51. The highest BCUT2D eigenvalue weighted by Gasteiger charge is 2.23. The first-order valence-corrected chi connectivity index (χ1v) is 38.6. The van der Waals surface area contributed by atoms with Gasteiger partial charge in [-0.3, -0.25) is 0 Å². The van der Waals surface area contributed by atoms with Crippen molar-refractivity contribution in [1.82, 2.24) is 0 Å². The fraction of sp³-hybridized carbons (Fsp3) is 0.312. The van der Waals surface area contributed by atoms with E-state index < -0.39 is 0 Å². The van der Waals surface area contributed by atoms with Crippen LogP contribution < -0.4 is 14.7 Å². The Kier molecular flexibility index (Phi) is 19.9. The van der Waals surface area contributed by atoms with Gasteiger partial charge in [0.25, 0.3) is 0 Å². The Morgan fingerprint density at radius 3 is 0.465 bits per heavy atom. The molecular formula is C96H99N3. The molecule has 16 rings (SSSR count). The molecule has 0 N–H and O–H groups in total. The third-order valence-electron chi connectivity index (χ3n) is 22.8. The van der Waals surface area contributed by atoms with Gasteiger partial charge in [-0.15, -0.1) is 0 Å². The van der Waals surface area contributed by atoms with Crippen LogP contribution in [0.3, 0.4) is 0 Å². The predicted molar refractivity (Wildman–Crippen MR) is 429 cm³/mol. The van der Waals surface area contributed by atoms with Crippen molar-refractivity contribution < 1.29 is 0 Å². The molecule has 0 amide bonds. The lowest BCUT2D eigenvalue weighted by Crippen LogP contribution is -2.11. The minimum absolute atomic E-state index is 1.14. The molecule has 0 bridgehead atoms. The van der Waals surface area contributed by atoms with Crippen LogP contribution in [0.2, 0.25) is 0 Å². The summed E-state index contributed by atoms with van der Waals surface area (Å²) >= 11 is 0. The summed E-state index contributed by atoms with van der Waals surface area (Å²) < 4.78 is 0. The normalized spacial score (nSPS) is 17.0. The van der Waals surface area contributed by atoms with Crippen molar-refractivity contribution in [2.45, 2.75) is 193 Å². The monoisotopic (exact) mass is 1290 g/mol. The zero-order valence-electron chi connectivity index (χ0n) is 58.6. The molecule has 0 spiro atoms. The topological polar surface area (TPSA) is 9.72 Å². The van der Waals surface area contributed by atoms with E-state index in [1.165, 1.54) is 258 Å². The highest BCUT2D eigenvalue weighted by Crippen LogP contribution is 2.47. The second-order valence-electron chi connectivity index (χ2n) is 29.9. The Hall–Kier alpha value is -9.18. The molecule has 3 heteroatoms. The van der Waals surface area contributed by atoms with Gasteiger partial charge >= 0.3 is 0 Å². The van der Waals surface area contributed by atoms with Crippen LogP contribution in [-0.4, -0.2) is 0 Å². The maximum Gasteiger partial charge on any atom is 0.0468 e. The third-order valence-corrected chi connectivity index (χ3v) is 22.8. The number of allylic oxidation sites excluding steroid dienone is 6. The highest BCUT2D eigenvalue weighted by molar-refractivity contribution is 6.27. The molecular weight excluding hydrogens is 1200 g/mol. The van der Waals surface area contributed by atoms with Crippen molar-refractivity contribution >= 4 is 120 Å².